The first-order chi connectivity index (χ1) is 15.9. The van der Waals surface area contributed by atoms with Crippen LogP contribution in [0.5, 0.6) is 0 Å². The molecule has 1 saturated carbocycles. The van der Waals surface area contributed by atoms with E-state index in [1.54, 1.807) is 6.92 Å². The Balaban J connectivity index is 1.35. The number of nitrogens with zero attached hydrogens (tertiary/aromatic N) is 1. The van der Waals surface area contributed by atoms with Crippen LogP contribution in [0.15, 0.2) is 54.7 Å². The van der Waals surface area contributed by atoms with Gasteiger partial charge in [-0.15, -0.1) is 0 Å². The molecule has 2 aliphatic rings. The van der Waals surface area contributed by atoms with Gasteiger partial charge in [-0.3, -0.25) is 14.5 Å². The number of halogens is 1. The van der Waals surface area contributed by atoms with Gasteiger partial charge in [0.2, 0.25) is 5.91 Å². The molecule has 2 fully saturated rings. The summed E-state index contributed by atoms with van der Waals surface area (Å²) in [5, 5.41) is 7.35. The number of H-pyrrole nitrogens is 1. The van der Waals surface area contributed by atoms with Crippen LogP contribution in [0.2, 0.25) is 5.02 Å². The number of hydrogen-bond donors (Lipinski definition) is 3. The van der Waals surface area contributed by atoms with E-state index in [4.69, 9.17) is 11.6 Å². The molecule has 5 rings (SSSR count). The Kier molecular flexibility index (Phi) is 5.37. The van der Waals surface area contributed by atoms with Gasteiger partial charge in [0, 0.05) is 34.6 Å². The number of nitrogens with one attached hydrogen (secondary N) is 3. The number of imide groups is 1. The fourth-order valence-corrected chi connectivity index (χ4v) is 5.01. The number of aromatic amines is 1. The third kappa shape index (κ3) is 3.86. The van der Waals surface area contributed by atoms with E-state index < -0.39 is 17.5 Å². The first-order valence-corrected chi connectivity index (χ1v) is 11.5. The Bertz CT molecular complexity index is 1250. The van der Waals surface area contributed by atoms with Crippen LogP contribution in [0, 0.1) is 5.92 Å². The summed E-state index contributed by atoms with van der Waals surface area (Å²) in [6.45, 7) is 1.71. The van der Waals surface area contributed by atoms with Crippen molar-refractivity contribution in [2.75, 3.05) is 13.1 Å². The van der Waals surface area contributed by atoms with Crippen LogP contribution in [-0.4, -0.2) is 46.4 Å². The molecule has 3 aromatic rings. The highest BCUT2D eigenvalue weighted by Crippen LogP contribution is 2.42. The minimum absolute atomic E-state index is 0.147. The summed E-state index contributed by atoms with van der Waals surface area (Å²) in [6.07, 6.45) is 3.75. The quantitative estimate of drug-likeness (QED) is 0.464. The molecule has 8 heteroatoms. The number of carbonyl (C=O) groups is 3. The first kappa shape index (κ1) is 21.5. The lowest BCUT2D eigenvalue weighted by molar-refractivity contribution is -0.135. The minimum Gasteiger partial charge on any atom is -0.361 e. The zero-order chi connectivity index (χ0) is 23.2. The van der Waals surface area contributed by atoms with Crippen molar-refractivity contribution < 1.29 is 14.4 Å². The van der Waals surface area contributed by atoms with Gasteiger partial charge in [-0.25, -0.2) is 4.79 Å². The Morgan fingerprint density at radius 2 is 1.88 bits per heavy atom. The molecular weight excluding hydrogens is 440 g/mol. The van der Waals surface area contributed by atoms with E-state index in [1.165, 1.54) is 0 Å². The average molecular weight is 465 g/mol. The number of rotatable bonds is 7. The number of amides is 4. The smallest absolute Gasteiger partial charge is 0.325 e. The molecule has 1 aromatic heterocycles. The van der Waals surface area contributed by atoms with Gasteiger partial charge in [0.1, 0.15) is 12.1 Å². The molecule has 0 bridgehead atoms. The SMILES string of the molecule is CC1(C2CC2)NC(=O)N(CC(=O)NCC(c2ccccc2Cl)c2c[nH]c3ccccc23)C1=O. The molecule has 2 atom stereocenters. The van der Waals surface area contributed by atoms with Gasteiger partial charge < -0.3 is 15.6 Å². The molecule has 170 valence electrons. The summed E-state index contributed by atoms with van der Waals surface area (Å²) in [5.74, 6) is -0.785. The Morgan fingerprint density at radius 3 is 2.64 bits per heavy atom. The average Bonchev–Trinajstić information content (AvgIpc) is 3.55. The number of carbonyl (C=O) groups excluding carboxylic acids is 3. The second kappa shape index (κ2) is 8.23. The lowest BCUT2D eigenvalue weighted by Crippen LogP contribution is -2.47. The monoisotopic (exact) mass is 464 g/mol. The number of aromatic nitrogens is 1. The number of fused-ring (bicyclic) bond motifs is 1. The van der Waals surface area contributed by atoms with E-state index in [1.807, 2.05) is 54.7 Å². The highest BCUT2D eigenvalue weighted by molar-refractivity contribution is 6.31. The maximum Gasteiger partial charge on any atom is 0.325 e. The molecule has 4 amide bonds. The van der Waals surface area contributed by atoms with Gasteiger partial charge in [0.15, 0.2) is 0 Å². The van der Waals surface area contributed by atoms with Gasteiger partial charge >= 0.3 is 6.03 Å². The second-order valence-electron chi connectivity index (χ2n) is 8.97. The molecule has 33 heavy (non-hydrogen) atoms. The van der Waals surface area contributed by atoms with Gasteiger partial charge in [-0.1, -0.05) is 48.0 Å². The Labute approximate surface area is 196 Å². The molecule has 0 radical (unpaired) electrons. The summed E-state index contributed by atoms with van der Waals surface area (Å²) in [4.78, 5) is 42.3. The topological polar surface area (TPSA) is 94.3 Å². The van der Waals surface area contributed by atoms with E-state index in [0.717, 1.165) is 39.8 Å². The van der Waals surface area contributed by atoms with Crippen molar-refractivity contribution in [2.24, 2.45) is 5.92 Å². The molecular formula is C25H25ClN4O3. The fraction of sp³-hybridized carbons (Fsp3) is 0.320. The van der Waals surface area contributed by atoms with Crippen molar-refractivity contribution in [2.45, 2.75) is 31.2 Å². The van der Waals surface area contributed by atoms with Crippen LogP contribution in [0.4, 0.5) is 4.79 Å². The summed E-state index contributed by atoms with van der Waals surface area (Å²) in [6, 6.07) is 15.0. The summed E-state index contributed by atoms with van der Waals surface area (Å²) >= 11 is 6.52. The van der Waals surface area contributed by atoms with Gasteiger partial charge in [0.05, 0.1) is 0 Å². The molecule has 0 spiro atoms. The lowest BCUT2D eigenvalue weighted by Gasteiger charge is -2.22. The number of benzene rings is 2. The summed E-state index contributed by atoms with van der Waals surface area (Å²) < 4.78 is 0. The van der Waals surface area contributed by atoms with E-state index in [0.29, 0.717) is 5.02 Å². The molecule has 2 aromatic carbocycles. The maximum absolute atomic E-state index is 12.8. The van der Waals surface area contributed by atoms with Crippen molar-refractivity contribution in [1.82, 2.24) is 20.5 Å². The second-order valence-corrected chi connectivity index (χ2v) is 9.37. The third-order valence-corrected chi connectivity index (χ3v) is 7.12. The minimum atomic E-state index is -0.901. The standard InChI is InChI=1S/C25H25ClN4O3/c1-25(15-10-11-15)23(32)30(24(33)29-25)14-22(31)28-13-18(16-6-2-4-8-20(16)26)19-12-27-21-9-5-3-7-17(19)21/h2-9,12,15,18,27H,10-11,13-14H2,1H3,(H,28,31)(H,29,33). The van der Waals surface area contributed by atoms with E-state index in [9.17, 15) is 14.4 Å². The van der Waals surface area contributed by atoms with Crippen molar-refractivity contribution in [3.63, 3.8) is 0 Å². The summed E-state index contributed by atoms with van der Waals surface area (Å²) in [7, 11) is 0. The number of urea groups is 1. The van der Waals surface area contributed by atoms with E-state index in [2.05, 4.69) is 15.6 Å². The van der Waals surface area contributed by atoms with Gasteiger partial charge in [-0.2, -0.15) is 0 Å². The normalized spacial score (nSPS) is 21.3. The van der Waals surface area contributed by atoms with Crippen molar-refractivity contribution in [3.8, 4) is 0 Å². The van der Waals surface area contributed by atoms with Gasteiger partial charge in [0.25, 0.3) is 5.91 Å². The van der Waals surface area contributed by atoms with Crippen molar-refractivity contribution in [1.29, 1.82) is 0 Å². The van der Waals surface area contributed by atoms with Gasteiger partial charge in [-0.05, 0) is 48.9 Å². The van der Waals surface area contributed by atoms with Crippen LogP contribution in [-0.2, 0) is 9.59 Å². The predicted molar refractivity (Wildman–Crippen MR) is 126 cm³/mol. The zero-order valence-corrected chi connectivity index (χ0v) is 19.0. The molecule has 1 saturated heterocycles. The molecule has 2 heterocycles. The largest absolute Gasteiger partial charge is 0.361 e. The number of hydrogen-bond acceptors (Lipinski definition) is 3. The van der Waals surface area contributed by atoms with E-state index >= 15 is 0 Å². The molecule has 1 aliphatic carbocycles. The van der Waals surface area contributed by atoms with Crippen LogP contribution in [0.1, 0.15) is 36.8 Å². The predicted octanol–water partition coefficient (Wildman–Crippen LogP) is 3.79. The summed E-state index contributed by atoms with van der Waals surface area (Å²) in [5.41, 5.74) is 1.99. The molecule has 1 aliphatic heterocycles. The Hall–Kier alpha value is -3.32. The van der Waals surface area contributed by atoms with Crippen LogP contribution >= 0.6 is 11.6 Å². The lowest BCUT2D eigenvalue weighted by atomic mass is 9.90. The van der Waals surface area contributed by atoms with Crippen LogP contribution in [0.25, 0.3) is 10.9 Å². The fourth-order valence-electron chi connectivity index (χ4n) is 4.74. The highest BCUT2D eigenvalue weighted by atomic mass is 35.5. The Morgan fingerprint density at radius 1 is 1.15 bits per heavy atom. The zero-order valence-electron chi connectivity index (χ0n) is 18.2. The molecule has 2 unspecified atom stereocenters. The van der Waals surface area contributed by atoms with Crippen LogP contribution < -0.4 is 10.6 Å². The molecule has 7 nitrogen and oxygen atoms in total. The van der Waals surface area contributed by atoms with Crippen molar-refractivity contribution in [3.05, 3.63) is 70.9 Å². The first-order valence-electron chi connectivity index (χ1n) is 11.1. The van der Waals surface area contributed by atoms with E-state index in [-0.39, 0.29) is 30.8 Å². The van der Waals surface area contributed by atoms with Crippen molar-refractivity contribution >= 4 is 40.3 Å². The van der Waals surface area contributed by atoms with Crippen LogP contribution in [0.3, 0.4) is 0 Å². The third-order valence-electron chi connectivity index (χ3n) is 6.78. The number of para-hydroxylation sites is 1. The highest BCUT2D eigenvalue weighted by Gasteiger charge is 2.56. The maximum atomic E-state index is 12.8. The molecule has 3 N–H and O–H groups in total.